The van der Waals surface area contributed by atoms with Crippen LogP contribution in [0.1, 0.15) is 35.7 Å². The Bertz CT molecular complexity index is 1020. The molecule has 1 aliphatic rings. The molecule has 0 atom stereocenters. The lowest BCUT2D eigenvalue weighted by Gasteiger charge is -2.14. The van der Waals surface area contributed by atoms with Crippen molar-refractivity contribution in [1.82, 2.24) is 0 Å². The normalized spacial score (nSPS) is 14.8. The van der Waals surface area contributed by atoms with E-state index >= 15 is 0 Å². The van der Waals surface area contributed by atoms with E-state index in [0.717, 1.165) is 18.4 Å². The van der Waals surface area contributed by atoms with Crippen LogP contribution in [0.5, 0.6) is 11.5 Å². The summed E-state index contributed by atoms with van der Waals surface area (Å²) >= 11 is 6.65. The minimum absolute atomic E-state index is 0.219. The van der Waals surface area contributed by atoms with E-state index in [1.165, 1.54) is 23.8 Å². The number of benzene rings is 2. The molecule has 1 saturated heterocycles. The van der Waals surface area contributed by atoms with Crippen molar-refractivity contribution in [2.24, 2.45) is 0 Å². The molecule has 6 nitrogen and oxygen atoms in total. The molecule has 0 saturated carbocycles. The van der Waals surface area contributed by atoms with Gasteiger partial charge >= 0.3 is 5.97 Å². The lowest BCUT2D eigenvalue weighted by atomic mass is 10.1. The maximum absolute atomic E-state index is 13.0. The fourth-order valence-corrected chi connectivity index (χ4v) is 4.22. The summed E-state index contributed by atoms with van der Waals surface area (Å²) in [6.45, 7) is 2.73. The van der Waals surface area contributed by atoms with Crippen molar-refractivity contribution in [3.63, 3.8) is 0 Å². The fraction of sp³-hybridized carbons (Fsp3) is 0.261. The van der Waals surface area contributed by atoms with E-state index < -0.39 is 5.97 Å². The molecule has 0 spiro atoms. The summed E-state index contributed by atoms with van der Waals surface area (Å²) in [4.78, 5) is 26.6. The molecular formula is C23H23NO5S2. The number of unbranched alkanes of at least 4 members (excludes halogenated alkanes) is 1. The molecule has 0 bridgehead atoms. The van der Waals surface area contributed by atoms with E-state index in [1.807, 2.05) is 18.2 Å². The zero-order valence-corrected chi connectivity index (χ0v) is 19.2. The van der Waals surface area contributed by atoms with Gasteiger partial charge in [-0.25, -0.2) is 4.79 Å². The minimum atomic E-state index is -0.437. The second-order valence-corrected chi connectivity index (χ2v) is 8.34. The first-order chi connectivity index (χ1) is 15.0. The van der Waals surface area contributed by atoms with E-state index in [4.69, 9.17) is 26.4 Å². The first-order valence-electron chi connectivity index (χ1n) is 9.75. The maximum atomic E-state index is 13.0. The number of amides is 1. The number of thiocarbonyl (C=S) groups is 1. The largest absolute Gasteiger partial charge is 0.493 e. The molecule has 0 aromatic heterocycles. The average Bonchev–Trinajstić information content (AvgIpc) is 3.06. The Hall–Kier alpha value is -2.84. The number of anilines is 1. The van der Waals surface area contributed by atoms with Crippen molar-refractivity contribution in [2.75, 3.05) is 25.7 Å². The van der Waals surface area contributed by atoms with Gasteiger partial charge in [-0.1, -0.05) is 43.4 Å². The lowest BCUT2D eigenvalue weighted by Crippen LogP contribution is -2.27. The van der Waals surface area contributed by atoms with Gasteiger partial charge in [0.1, 0.15) is 0 Å². The second kappa shape index (κ2) is 10.5. The number of methoxy groups -OCH3 is 2. The van der Waals surface area contributed by atoms with E-state index in [1.54, 1.807) is 37.5 Å². The zero-order valence-electron chi connectivity index (χ0n) is 17.5. The molecule has 3 rings (SSSR count). The molecule has 0 unspecified atom stereocenters. The van der Waals surface area contributed by atoms with Crippen LogP contribution < -0.4 is 14.4 Å². The third-order valence-electron chi connectivity index (χ3n) is 4.58. The molecule has 1 amide bonds. The standard InChI is InChI=1S/C23H23NO5S2/c1-4-5-12-29-18-11-6-15(13-19(18)27-2)14-20-21(25)24(23(30)31-20)17-9-7-16(8-10-17)22(26)28-3/h6-11,13-14H,4-5,12H2,1-3H3/b20-14-. The summed E-state index contributed by atoms with van der Waals surface area (Å²) in [7, 11) is 2.91. The number of hydrogen-bond acceptors (Lipinski definition) is 7. The van der Waals surface area contributed by atoms with Crippen molar-refractivity contribution in [2.45, 2.75) is 19.8 Å². The quantitative estimate of drug-likeness (QED) is 0.237. The van der Waals surface area contributed by atoms with E-state index in [-0.39, 0.29) is 5.91 Å². The van der Waals surface area contributed by atoms with Gasteiger partial charge in [0.05, 0.1) is 37.0 Å². The molecule has 31 heavy (non-hydrogen) atoms. The van der Waals surface area contributed by atoms with Gasteiger partial charge in [-0.2, -0.15) is 0 Å². The van der Waals surface area contributed by atoms with Crippen molar-refractivity contribution in [3.05, 3.63) is 58.5 Å². The molecule has 1 aliphatic heterocycles. The first kappa shape index (κ1) is 22.8. The summed E-state index contributed by atoms with van der Waals surface area (Å²) < 4.78 is 16.3. The first-order valence-corrected chi connectivity index (χ1v) is 11.0. The zero-order chi connectivity index (χ0) is 22.4. The number of carbonyl (C=O) groups excluding carboxylic acids is 2. The lowest BCUT2D eigenvalue weighted by molar-refractivity contribution is -0.113. The predicted molar refractivity (Wildman–Crippen MR) is 127 cm³/mol. The van der Waals surface area contributed by atoms with E-state index in [2.05, 4.69) is 6.92 Å². The molecule has 0 N–H and O–H groups in total. The monoisotopic (exact) mass is 457 g/mol. The maximum Gasteiger partial charge on any atom is 0.337 e. The number of rotatable bonds is 8. The average molecular weight is 458 g/mol. The smallest absolute Gasteiger partial charge is 0.337 e. The highest BCUT2D eigenvalue weighted by atomic mass is 32.2. The van der Waals surface area contributed by atoms with Crippen LogP contribution in [0.2, 0.25) is 0 Å². The van der Waals surface area contributed by atoms with Crippen molar-refractivity contribution in [1.29, 1.82) is 0 Å². The van der Waals surface area contributed by atoms with Gasteiger partial charge in [-0.05, 0) is 54.5 Å². The number of thioether (sulfide) groups is 1. The summed E-state index contributed by atoms with van der Waals surface area (Å²) in [6, 6.07) is 12.1. The third-order valence-corrected chi connectivity index (χ3v) is 5.88. The third kappa shape index (κ3) is 5.26. The SMILES string of the molecule is CCCCOc1ccc(/C=C2\SC(=S)N(c3ccc(C(=O)OC)cc3)C2=O)cc1OC. The number of ether oxygens (including phenoxy) is 3. The van der Waals surface area contributed by atoms with Crippen molar-refractivity contribution in [3.8, 4) is 11.5 Å². The summed E-state index contributed by atoms with van der Waals surface area (Å²) in [5.41, 5.74) is 1.80. The molecule has 0 aliphatic carbocycles. The van der Waals surface area contributed by atoms with Crippen LogP contribution in [-0.4, -0.2) is 37.0 Å². The van der Waals surface area contributed by atoms with Gasteiger partial charge in [-0.3, -0.25) is 9.69 Å². The van der Waals surface area contributed by atoms with Crippen LogP contribution in [0.25, 0.3) is 6.08 Å². The van der Waals surface area contributed by atoms with Crippen LogP contribution >= 0.6 is 24.0 Å². The molecule has 8 heteroatoms. The minimum Gasteiger partial charge on any atom is -0.493 e. The molecule has 1 fully saturated rings. The summed E-state index contributed by atoms with van der Waals surface area (Å²) in [6.07, 6.45) is 3.79. The summed E-state index contributed by atoms with van der Waals surface area (Å²) in [5, 5.41) is 0. The Morgan fingerprint density at radius 1 is 1.13 bits per heavy atom. The number of nitrogens with zero attached hydrogens (tertiary/aromatic N) is 1. The Morgan fingerprint density at radius 2 is 1.87 bits per heavy atom. The Labute approximate surface area is 191 Å². The van der Waals surface area contributed by atoms with Gasteiger partial charge in [0, 0.05) is 0 Å². The highest BCUT2D eigenvalue weighted by Gasteiger charge is 2.33. The topological polar surface area (TPSA) is 65.1 Å². The molecule has 162 valence electrons. The van der Waals surface area contributed by atoms with Gasteiger partial charge in [-0.15, -0.1) is 0 Å². The fourth-order valence-electron chi connectivity index (χ4n) is 2.93. The Morgan fingerprint density at radius 3 is 2.52 bits per heavy atom. The van der Waals surface area contributed by atoms with Crippen molar-refractivity contribution >= 4 is 51.9 Å². The number of hydrogen-bond donors (Lipinski definition) is 0. The van der Waals surface area contributed by atoms with Gasteiger partial charge in [0.15, 0.2) is 15.8 Å². The highest BCUT2D eigenvalue weighted by Crippen LogP contribution is 2.37. The second-order valence-electron chi connectivity index (χ2n) is 6.67. The number of carbonyl (C=O) groups is 2. The van der Waals surface area contributed by atoms with Gasteiger partial charge < -0.3 is 14.2 Å². The van der Waals surface area contributed by atoms with E-state index in [9.17, 15) is 9.59 Å². The predicted octanol–water partition coefficient (Wildman–Crippen LogP) is 5.07. The molecule has 1 heterocycles. The van der Waals surface area contributed by atoms with Crippen LogP contribution in [0.4, 0.5) is 5.69 Å². The van der Waals surface area contributed by atoms with E-state index in [0.29, 0.717) is 38.6 Å². The molecule has 0 radical (unpaired) electrons. The highest BCUT2D eigenvalue weighted by molar-refractivity contribution is 8.27. The van der Waals surface area contributed by atoms with Crippen LogP contribution in [0.15, 0.2) is 47.4 Å². The Kier molecular flexibility index (Phi) is 7.70. The number of esters is 1. The van der Waals surface area contributed by atoms with Crippen LogP contribution in [-0.2, 0) is 9.53 Å². The van der Waals surface area contributed by atoms with Crippen molar-refractivity contribution < 1.29 is 23.8 Å². The van der Waals surface area contributed by atoms with Crippen LogP contribution in [0, 0.1) is 0 Å². The summed E-state index contributed by atoms with van der Waals surface area (Å²) in [5.74, 6) is 0.626. The Balaban J connectivity index is 1.80. The molecule has 2 aromatic carbocycles. The molecular weight excluding hydrogens is 434 g/mol. The molecule has 2 aromatic rings. The van der Waals surface area contributed by atoms with Gasteiger partial charge in [0.2, 0.25) is 0 Å². The van der Waals surface area contributed by atoms with Crippen LogP contribution in [0.3, 0.4) is 0 Å². The van der Waals surface area contributed by atoms with Gasteiger partial charge in [0.25, 0.3) is 5.91 Å².